The highest BCUT2D eigenvalue weighted by Gasteiger charge is 1.86. The normalized spacial score (nSPS) is 11.0. The monoisotopic (exact) mass is 138 g/mol. The second kappa shape index (κ2) is 4.04. The molecule has 0 aliphatic heterocycles. The first kappa shape index (κ1) is 9.15. The first-order valence-electron chi connectivity index (χ1n) is 3.36. The van der Waals surface area contributed by atoms with Crippen molar-refractivity contribution in [3.8, 4) is 0 Å². The van der Waals surface area contributed by atoms with Gasteiger partial charge in [-0.3, -0.25) is 4.79 Å². The molecule has 0 spiro atoms. The molecule has 0 atom stereocenters. The Balaban J connectivity index is 4.22. The zero-order chi connectivity index (χ0) is 8.15. The van der Waals surface area contributed by atoms with E-state index >= 15 is 0 Å². The predicted octanol–water partition coefficient (Wildman–Crippen LogP) is 2.49. The van der Waals surface area contributed by atoms with Crippen LogP contribution in [0.4, 0.5) is 0 Å². The topological polar surface area (TPSA) is 17.1 Å². The highest BCUT2D eigenvalue weighted by Crippen LogP contribution is 1.99. The Morgan fingerprint density at radius 2 is 1.50 bits per heavy atom. The molecule has 0 aliphatic carbocycles. The van der Waals surface area contributed by atoms with Crippen LogP contribution in [-0.2, 0) is 4.79 Å². The van der Waals surface area contributed by atoms with Crippen LogP contribution in [0.2, 0.25) is 0 Å². The number of carbonyl (C=O) groups excluding carboxylic acids is 1. The molecule has 0 fully saturated rings. The Labute approximate surface area is 62.4 Å². The van der Waals surface area contributed by atoms with Gasteiger partial charge < -0.3 is 0 Å². The zero-order valence-electron chi connectivity index (χ0n) is 7.06. The van der Waals surface area contributed by atoms with Crippen molar-refractivity contribution in [2.45, 2.75) is 27.7 Å². The van der Waals surface area contributed by atoms with Crippen LogP contribution in [-0.4, -0.2) is 5.78 Å². The number of hydrogen-bond acceptors (Lipinski definition) is 1. The van der Waals surface area contributed by atoms with Crippen LogP contribution in [0.5, 0.6) is 0 Å². The predicted molar refractivity (Wildman–Crippen MR) is 43.9 cm³/mol. The van der Waals surface area contributed by atoms with E-state index in [9.17, 15) is 4.79 Å². The van der Waals surface area contributed by atoms with Gasteiger partial charge in [0, 0.05) is 0 Å². The molecule has 0 saturated carbocycles. The summed E-state index contributed by atoms with van der Waals surface area (Å²) in [5, 5.41) is 0. The third-order valence-electron chi connectivity index (χ3n) is 0.947. The smallest absolute Gasteiger partial charge is 0.152 e. The Hall–Kier alpha value is -0.850. The van der Waals surface area contributed by atoms with E-state index in [-0.39, 0.29) is 5.78 Å². The molecule has 0 aromatic rings. The molecule has 10 heavy (non-hydrogen) atoms. The lowest BCUT2D eigenvalue weighted by molar-refractivity contribution is -0.112. The van der Waals surface area contributed by atoms with Crippen LogP contribution in [0.1, 0.15) is 27.7 Å². The van der Waals surface area contributed by atoms with E-state index < -0.39 is 0 Å². The molecular formula is C9H14O. The number of allylic oxidation sites excluding steroid dienone is 4. The maximum absolute atomic E-state index is 10.5. The molecule has 0 rings (SSSR count). The number of carbonyl (C=O) groups is 1. The molecule has 0 heterocycles. The molecule has 0 unspecified atom stereocenters. The minimum Gasteiger partial charge on any atom is -0.295 e. The van der Waals surface area contributed by atoms with Crippen LogP contribution < -0.4 is 0 Å². The molecule has 0 aromatic heterocycles. The Kier molecular flexibility index (Phi) is 3.70. The average molecular weight is 138 g/mol. The molecule has 0 aromatic carbocycles. The lowest BCUT2D eigenvalue weighted by atomic mass is 10.2. The molecule has 0 N–H and O–H groups in total. The van der Waals surface area contributed by atoms with Gasteiger partial charge in [-0.25, -0.2) is 0 Å². The molecule has 0 saturated heterocycles. The van der Waals surface area contributed by atoms with Crippen molar-refractivity contribution in [3.05, 3.63) is 23.3 Å². The maximum Gasteiger partial charge on any atom is 0.152 e. The van der Waals surface area contributed by atoms with Crippen molar-refractivity contribution in [1.82, 2.24) is 0 Å². The molecular weight excluding hydrogens is 124 g/mol. The van der Waals surface area contributed by atoms with Crippen molar-refractivity contribution in [1.29, 1.82) is 0 Å². The van der Waals surface area contributed by atoms with Crippen molar-refractivity contribution in [2.24, 2.45) is 0 Å². The van der Waals surface area contributed by atoms with Gasteiger partial charge >= 0.3 is 0 Å². The SMILES string of the molecule is CC(=O)/C=C(/C)C=C(C)C. The standard InChI is InChI=1S/C9H14O/c1-7(2)5-8(3)6-9(4)10/h5-6H,1-4H3/b8-6-. The maximum atomic E-state index is 10.5. The summed E-state index contributed by atoms with van der Waals surface area (Å²) >= 11 is 0. The number of rotatable bonds is 2. The van der Waals surface area contributed by atoms with Crippen molar-refractivity contribution in [3.63, 3.8) is 0 Å². The van der Waals surface area contributed by atoms with Gasteiger partial charge in [0.15, 0.2) is 5.78 Å². The van der Waals surface area contributed by atoms with Crippen LogP contribution >= 0.6 is 0 Å². The molecule has 0 aliphatic rings. The molecule has 0 amide bonds. The average Bonchev–Trinajstić information content (AvgIpc) is 1.58. The summed E-state index contributed by atoms with van der Waals surface area (Å²) in [6.07, 6.45) is 3.62. The lowest BCUT2D eigenvalue weighted by Gasteiger charge is -1.90. The number of ketones is 1. The van der Waals surface area contributed by atoms with Gasteiger partial charge in [0.2, 0.25) is 0 Å². The summed E-state index contributed by atoms with van der Waals surface area (Å²) < 4.78 is 0. The third-order valence-corrected chi connectivity index (χ3v) is 0.947. The Morgan fingerprint density at radius 3 is 1.80 bits per heavy atom. The first-order chi connectivity index (χ1) is 4.52. The summed E-state index contributed by atoms with van der Waals surface area (Å²) in [6.45, 7) is 7.51. The van der Waals surface area contributed by atoms with Gasteiger partial charge in [0.1, 0.15) is 0 Å². The van der Waals surface area contributed by atoms with Crippen LogP contribution in [0, 0.1) is 0 Å². The molecule has 56 valence electrons. The van der Waals surface area contributed by atoms with E-state index in [0.29, 0.717) is 0 Å². The quantitative estimate of drug-likeness (QED) is 0.423. The van der Waals surface area contributed by atoms with E-state index in [1.807, 2.05) is 26.8 Å². The van der Waals surface area contributed by atoms with Gasteiger partial charge in [-0.2, -0.15) is 0 Å². The summed E-state index contributed by atoms with van der Waals surface area (Å²) in [5.74, 6) is 0.106. The molecule has 0 radical (unpaired) electrons. The lowest BCUT2D eigenvalue weighted by Crippen LogP contribution is -1.82. The zero-order valence-corrected chi connectivity index (χ0v) is 7.06. The van der Waals surface area contributed by atoms with E-state index in [0.717, 1.165) is 5.57 Å². The van der Waals surface area contributed by atoms with E-state index in [4.69, 9.17) is 0 Å². The highest BCUT2D eigenvalue weighted by atomic mass is 16.1. The minimum absolute atomic E-state index is 0.106. The summed E-state index contributed by atoms with van der Waals surface area (Å²) in [6, 6.07) is 0. The second-order valence-electron chi connectivity index (χ2n) is 2.72. The minimum atomic E-state index is 0.106. The van der Waals surface area contributed by atoms with E-state index in [2.05, 4.69) is 0 Å². The van der Waals surface area contributed by atoms with Crippen molar-refractivity contribution < 1.29 is 4.79 Å². The molecule has 1 heteroatoms. The fourth-order valence-corrected chi connectivity index (χ4v) is 0.818. The molecule has 0 bridgehead atoms. The van der Waals surface area contributed by atoms with Crippen molar-refractivity contribution in [2.75, 3.05) is 0 Å². The van der Waals surface area contributed by atoms with Crippen LogP contribution in [0.25, 0.3) is 0 Å². The summed E-state index contributed by atoms with van der Waals surface area (Å²) in [5.41, 5.74) is 2.24. The van der Waals surface area contributed by atoms with Gasteiger partial charge in [-0.05, 0) is 39.3 Å². The van der Waals surface area contributed by atoms with E-state index in [1.54, 1.807) is 13.0 Å². The van der Waals surface area contributed by atoms with Gasteiger partial charge in [-0.15, -0.1) is 0 Å². The summed E-state index contributed by atoms with van der Waals surface area (Å²) in [4.78, 5) is 10.5. The third kappa shape index (κ3) is 5.29. The first-order valence-corrected chi connectivity index (χ1v) is 3.36. The van der Waals surface area contributed by atoms with Gasteiger partial charge in [-0.1, -0.05) is 11.6 Å². The number of hydrogen-bond donors (Lipinski definition) is 0. The van der Waals surface area contributed by atoms with Crippen molar-refractivity contribution >= 4 is 5.78 Å². The Morgan fingerprint density at radius 1 is 1.00 bits per heavy atom. The summed E-state index contributed by atoms with van der Waals surface area (Å²) in [7, 11) is 0. The largest absolute Gasteiger partial charge is 0.295 e. The fraction of sp³-hybridized carbons (Fsp3) is 0.444. The van der Waals surface area contributed by atoms with Gasteiger partial charge in [0.05, 0.1) is 0 Å². The fourth-order valence-electron chi connectivity index (χ4n) is 0.818. The molecule has 1 nitrogen and oxygen atoms in total. The second-order valence-corrected chi connectivity index (χ2v) is 2.72. The van der Waals surface area contributed by atoms with Crippen LogP contribution in [0.15, 0.2) is 23.3 Å². The van der Waals surface area contributed by atoms with Gasteiger partial charge in [0.25, 0.3) is 0 Å². The van der Waals surface area contributed by atoms with E-state index in [1.165, 1.54) is 5.57 Å². The Bertz CT molecular complexity index is 181. The van der Waals surface area contributed by atoms with Crippen LogP contribution in [0.3, 0.4) is 0 Å². The highest BCUT2D eigenvalue weighted by molar-refractivity contribution is 5.88.